The molecule has 10 nitrogen and oxygen atoms in total. The number of rotatable bonds is 8. The summed E-state index contributed by atoms with van der Waals surface area (Å²) in [7, 11) is 0. The highest BCUT2D eigenvalue weighted by molar-refractivity contribution is 5.75. The Labute approximate surface area is 154 Å². The second-order valence-corrected chi connectivity index (χ2v) is 5.59. The Morgan fingerprint density at radius 1 is 1.07 bits per heavy atom. The van der Waals surface area contributed by atoms with Crippen molar-refractivity contribution in [3.63, 3.8) is 0 Å². The molecule has 0 aliphatic heterocycles. The predicted octanol–water partition coefficient (Wildman–Crippen LogP) is 1.48. The molecule has 0 saturated heterocycles. The van der Waals surface area contributed by atoms with Crippen molar-refractivity contribution in [3.8, 4) is 11.4 Å². The number of non-ortho nitro benzene ring substituents is 1. The lowest BCUT2D eigenvalue weighted by atomic mass is 10.2. The summed E-state index contributed by atoms with van der Waals surface area (Å²) < 4.78 is 0. The maximum Gasteiger partial charge on any atom is 0.269 e. The van der Waals surface area contributed by atoms with Crippen molar-refractivity contribution in [2.75, 3.05) is 18.4 Å². The second-order valence-electron chi connectivity index (χ2n) is 5.59. The van der Waals surface area contributed by atoms with Crippen LogP contribution < -0.4 is 10.6 Å². The molecule has 0 atom stereocenters. The number of aromatic nitrogens is 4. The van der Waals surface area contributed by atoms with Gasteiger partial charge in [0, 0.05) is 36.5 Å². The number of hydrogen-bond donors (Lipinski definition) is 2. The molecule has 0 aliphatic carbocycles. The van der Waals surface area contributed by atoms with Crippen LogP contribution in [0.3, 0.4) is 0 Å². The van der Waals surface area contributed by atoms with Gasteiger partial charge < -0.3 is 10.6 Å². The van der Waals surface area contributed by atoms with Gasteiger partial charge in [0.05, 0.1) is 4.92 Å². The van der Waals surface area contributed by atoms with E-state index in [1.54, 1.807) is 12.1 Å². The summed E-state index contributed by atoms with van der Waals surface area (Å²) >= 11 is 0. The van der Waals surface area contributed by atoms with Gasteiger partial charge in [-0.1, -0.05) is 30.3 Å². The third kappa shape index (κ3) is 5.08. The highest BCUT2D eigenvalue weighted by Gasteiger charge is 2.09. The van der Waals surface area contributed by atoms with E-state index in [9.17, 15) is 14.9 Å². The first-order valence-corrected chi connectivity index (χ1v) is 8.20. The highest BCUT2D eigenvalue weighted by atomic mass is 16.6. The van der Waals surface area contributed by atoms with Crippen molar-refractivity contribution >= 4 is 17.3 Å². The number of nitrogens with one attached hydrogen (secondary N) is 2. The van der Waals surface area contributed by atoms with Gasteiger partial charge in [0.15, 0.2) is 0 Å². The lowest BCUT2D eigenvalue weighted by Crippen LogP contribution is -2.32. The molecule has 0 spiro atoms. The van der Waals surface area contributed by atoms with E-state index in [-0.39, 0.29) is 18.1 Å². The SMILES string of the molecule is O=C(Cn1nnc(-c2ccccc2)n1)NCCNc1ccc([N+](=O)[O-])cc1. The zero-order valence-corrected chi connectivity index (χ0v) is 14.3. The molecule has 0 radical (unpaired) electrons. The molecule has 0 fully saturated rings. The van der Waals surface area contributed by atoms with Crippen molar-refractivity contribution in [3.05, 3.63) is 64.7 Å². The van der Waals surface area contributed by atoms with Crippen LogP contribution in [0.15, 0.2) is 54.6 Å². The molecule has 138 valence electrons. The first-order chi connectivity index (χ1) is 13.1. The zero-order valence-electron chi connectivity index (χ0n) is 14.3. The van der Waals surface area contributed by atoms with Crippen LogP contribution in [0.2, 0.25) is 0 Å². The highest BCUT2D eigenvalue weighted by Crippen LogP contribution is 2.15. The van der Waals surface area contributed by atoms with E-state index in [4.69, 9.17) is 0 Å². The molecular formula is C17H17N7O3. The Bertz CT molecular complexity index is 910. The van der Waals surface area contributed by atoms with Gasteiger partial charge in [0.1, 0.15) is 6.54 Å². The zero-order chi connectivity index (χ0) is 19.1. The first-order valence-electron chi connectivity index (χ1n) is 8.20. The smallest absolute Gasteiger partial charge is 0.269 e. The fourth-order valence-electron chi connectivity index (χ4n) is 2.31. The summed E-state index contributed by atoms with van der Waals surface area (Å²) in [6, 6.07) is 15.4. The topological polar surface area (TPSA) is 128 Å². The average molecular weight is 367 g/mol. The number of nitrogens with zero attached hydrogens (tertiary/aromatic N) is 5. The summed E-state index contributed by atoms with van der Waals surface area (Å²) in [6.07, 6.45) is 0. The van der Waals surface area contributed by atoms with Gasteiger partial charge in [-0.2, -0.15) is 4.80 Å². The number of amides is 1. The van der Waals surface area contributed by atoms with Gasteiger partial charge in [0.25, 0.3) is 5.69 Å². The molecule has 3 aromatic rings. The van der Waals surface area contributed by atoms with Crippen LogP contribution in [0.25, 0.3) is 11.4 Å². The normalized spacial score (nSPS) is 10.4. The number of anilines is 1. The van der Waals surface area contributed by atoms with Crippen molar-refractivity contribution in [1.82, 2.24) is 25.5 Å². The van der Waals surface area contributed by atoms with E-state index >= 15 is 0 Å². The molecule has 3 rings (SSSR count). The van der Waals surface area contributed by atoms with Crippen molar-refractivity contribution in [2.24, 2.45) is 0 Å². The van der Waals surface area contributed by atoms with Crippen LogP contribution in [0.1, 0.15) is 0 Å². The molecule has 0 bridgehead atoms. The van der Waals surface area contributed by atoms with Gasteiger partial charge >= 0.3 is 0 Å². The number of carbonyl (C=O) groups excluding carboxylic acids is 1. The molecule has 1 heterocycles. The molecule has 0 saturated carbocycles. The van der Waals surface area contributed by atoms with Crippen LogP contribution in [0.5, 0.6) is 0 Å². The fraction of sp³-hybridized carbons (Fsp3) is 0.176. The van der Waals surface area contributed by atoms with E-state index in [1.807, 2.05) is 30.3 Å². The first kappa shape index (κ1) is 18.0. The summed E-state index contributed by atoms with van der Waals surface area (Å²) in [4.78, 5) is 23.3. The maximum atomic E-state index is 11.9. The molecule has 1 amide bonds. The Morgan fingerprint density at radius 2 is 1.81 bits per heavy atom. The summed E-state index contributed by atoms with van der Waals surface area (Å²) in [5.41, 5.74) is 1.60. The van der Waals surface area contributed by atoms with Gasteiger partial charge in [0.2, 0.25) is 11.7 Å². The molecule has 0 aliphatic rings. The Morgan fingerprint density at radius 3 is 2.52 bits per heavy atom. The van der Waals surface area contributed by atoms with Gasteiger partial charge in [-0.25, -0.2) is 0 Å². The van der Waals surface area contributed by atoms with Gasteiger partial charge in [-0.3, -0.25) is 14.9 Å². The molecule has 27 heavy (non-hydrogen) atoms. The van der Waals surface area contributed by atoms with Crippen LogP contribution in [-0.4, -0.2) is 44.1 Å². The third-order valence-electron chi connectivity index (χ3n) is 3.62. The quantitative estimate of drug-likeness (QED) is 0.350. The average Bonchev–Trinajstić information content (AvgIpc) is 3.15. The Balaban J connectivity index is 1.41. The van der Waals surface area contributed by atoms with Gasteiger partial charge in [-0.15, -0.1) is 10.2 Å². The van der Waals surface area contributed by atoms with Crippen molar-refractivity contribution in [1.29, 1.82) is 0 Å². The second kappa shape index (κ2) is 8.52. The van der Waals surface area contributed by atoms with Crippen LogP contribution >= 0.6 is 0 Å². The Hall–Kier alpha value is -3.82. The third-order valence-corrected chi connectivity index (χ3v) is 3.62. The van der Waals surface area contributed by atoms with Crippen molar-refractivity contribution < 1.29 is 9.72 Å². The van der Waals surface area contributed by atoms with Crippen LogP contribution in [0, 0.1) is 10.1 Å². The molecule has 2 aromatic carbocycles. The monoisotopic (exact) mass is 367 g/mol. The lowest BCUT2D eigenvalue weighted by Gasteiger charge is -2.07. The molecule has 10 heteroatoms. The fourth-order valence-corrected chi connectivity index (χ4v) is 2.31. The molecule has 2 N–H and O–H groups in total. The minimum absolute atomic E-state index is 0.0304. The summed E-state index contributed by atoms with van der Waals surface area (Å²) in [6.45, 7) is 0.830. The van der Waals surface area contributed by atoms with E-state index in [0.717, 1.165) is 11.3 Å². The van der Waals surface area contributed by atoms with Gasteiger partial charge in [-0.05, 0) is 17.3 Å². The molecular weight excluding hydrogens is 350 g/mol. The lowest BCUT2D eigenvalue weighted by molar-refractivity contribution is -0.384. The van der Waals surface area contributed by atoms with Crippen molar-refractivity contribution in [2.45, 2.75) is 6.54 Å². The summed E-state index contributed by atoms with van der Waals surface area (Å²) in [5, 5.41) is 28.4. The van der Waals surface area contributed by atoms with E-state index in [1.165, 1.54) is 16.9 Å². The Kier molecular flexibility index (Phi) is 5.67. The minimum Gasteiger partial charge on any atom is -0.383 e. The summed E-state index contributed by atoms with van der Waals surface area (Å²) in [5.74, 6) is 0.223. The van der Waals surface area contributed by atoms with E-state index in [2.05, 4.69) is 26.0 Å². The molecule has 1 aromatic heterocycles. The van der Waals surface area contributed by atoms with Crippen LogP contribution in [-0.2, 0) is 11.3 Å². The van der Waals surface area contributed by atoms with E-state index in [0.29, 0.717) is 18.9 Å². The molecule has 0 unspecified atom stereocenters. The largest absolute Gasteiger partial charge is 0.383 e. The minimum atomic E-state index is -0.453. The number of benzene rings is 2. The van der Waals surface area contributed by atoms with Crippen LogP contribution in [0.4, 0.5) is 11.4 Å². The number of nitro groups is 1. The number of hydrogen-bond acceptors (Lipinski definition) is 7. The number of nitro benzene ring substituents is 1. The predicted molar refractivity (Wildman–Crippen MR) is 97.8 cm³/mol. The standard InChI is InChI=1S/C17H17N7O3/c25-16(12-23-21-17(20-22-23)13-4-2-1-3-5-13)19-11-10-18-14-6-8-15(9-7-14)24(26)27/h1-9,18H,10-12H2,(H,19,25). The number of tetrazole rings is 1. The van der Waals surface area contributed by atoms with E-state index < -0.39 is 4.92 Å². The number of carbonyl (C=O) groups is 1. The maximum absolute atomic E-state index is 11.9.